The van der Waals surface area contributed by atoms with Crippen molar-refractivity contribution in [3.63, 3.8) is 0 Å². The summed E-state index contributed by atoms with van der Waals surface area (Å²) in [4.78, 5) is 27.3. The van der Waals surface area contributed by atoms with Gasteiger partial charge in [0.2, 0.25) is 5.91 Å². The maximum absolute atomic E-state index is 12.9. The van der Waals surface area contributed by atoms with Crippen LogP contribution in [0.25, 0.3) is 0 Å². The molecule has 1 fully saturated rings. The monoisotopic (exact) mass is 430 g/mol. The van der Waals surface area contributed by atoms with Crippen LogP contribution in [-0.2, 0) is 4.79 Å². The smallest absolute Gasteiger partial charge is 0.253 e. The molecule has 6 nitrogen and oxygen atoms in total. The minimum atomic E-state index is -0.119. The topological polar surface area (TPSA) is 67.9 Å². The predicted octanol–water partition coefficient (Wildman–Crippen LogP) is 4.98. The first kappa shape index (κ1) is 21.4. The Balaban J connectivity index is 1.29. The van der Waals surface area contributed by atoms with Crippen LogP contribution < -0.4 is 14.8 Å². The molecule has 6 heteroatoms. The summed E-state index contributed by atoms with van der Waals surface area (Å²) in [6.07, 6.45) is 1.27. The lowest BCUT2D eigenvalue weighted by Gasteiger charge is -2.31. The number of para-hydroxylation sites is 1. The van der Waals surface area contributed by atoms with Gasteiger partial charge >= 0.3 is 0 Å². The van der Waals surface area contributed by atoms with Crippen molar-refractivity contribution in [3.8, 4) is 17.2 Å². The third kappa shape index (κ3) is 5.27. The number of nitrogens with zero attached hydrogens (tertiary/aromatic N) is 1. The van der Waals surface area contributed by atoms with Crippen molar-refractivity contribution in [3.05, 3.63) is 84.4 Å². The maximum Gasteiger partial charge on any atom is 0.253 e. The first-order valence-corrected chi connectivity index (χ1v) is 10.7. The molecule has 0 aliphatic carbocycles. The van der Waals surface area contributed by atoms with E-state index in [1.54, 1.807) is 37.4 Å². The van der Waals surface area contributed by atoms with Gasteiger partial charge in [-0.2, -0.15) is 0 Å². The third-order valence-corrected chi connectivity index (χ3v) is 5.57. The average Bonchev–Trinajstić information content (AvgIpc) is 2.85. The molecule has 0 spiro atoms. The highest BCUT2D eigenvalue weighted by Crippen LogP contribution is 2.24. The summed E-state index contributed by atoms with van der Waals surface area (Å²) < 4.78 is 11.0. The largest absolute Gasteiger partial charge is 0.497 e. The molecule has 0 atom stereocenters. The van der Waals surface area contributed by atoms with Gasteiger partial charge in [-0.25, -0.2) is 0 Å². The number of nitrogens with one attached hydrogen (secondary N) is 1. The van der Waals surface area contributed by atoms with Crippen LogP contribution in [0.15, 0.2) is 78.9 Å². The van der Waals surface area contributed by atoms with E-state index >= 15 is 0 Å². The van der Waals surface area contributed by atoms with Gasteiger partial charge in [-0.05, 0) is 61.4 Å². The zero-order valence-corrected chi connectivity index (χ0v) is 18.0. The molecule has 164 valence electrons. The van der Waals surface area contributed by atoms with Crippen molar-refractivity contribution in [2.45, 2.75) is 12.8 Å². The molecular formula is C26H26N2O4. The Hall–Kier alpha value is -3.80. The standard InChI is InChI=1S/C26H26N2O4/c1-31-24-9-5-6-21(18-24)27-25(29)19-14-16-28(17-15-19)26(30)20-10-12-23(13-11-20)32-22-7-3-2-4-8-22/h2-13,18-19H,14-17H2,1H3,(H,27,29). The van der Waals surface area contributed by atoms with Crippen LogP contribution in [0.4, 0.5) is 5.69 Å². The van der Waals surface area contributed by atoms with Crippen molar-refractivity contribution in [2.24, 2.45) is 5.92 Å². The minimum absolute atomic E-state index is 0.0206. The van der Waals surface area contributed by atoms with Gasteiger partial charge in [0, 0.05) is 36.3 Å². The van der Waals surface area contributed by atoms with Crippen LogP contribution in [0.5, 0.6) is 17.2 Å². The highest BCUT2D eigenvalue weighted by atomic mass is 16.5. The number of likely N-dealkylation sites (tertiary alicyclic amines) is 1. The molecule has 3 aromatic rings. The van der Waals surface area contributed by atoms with Gasteiger partial charge in [0.15, 0.2) is 0 Å². The molecular weight excluding hydrogens is 404 g/mol. The van der Waals surface area contributed by atoms with Crippen LogP contribution in [0.3, 0.4) is 0 Å². The summed E-state index contributed by atoms with van der Waals surface area (Å²) >= 11 is 0. The van der Waals surface area contributed by atoms with E-state index in [0.29, 0.717) is 48.7 Å². The summed E-state index contributed by atoms with van der Waals surface area (Å²) in [5.74, 6) is 1.97. The van der Waals surface area contributed by atoms with Gasteiger partial charge in [-0.1, -0.05) is 24.3 Å². The number of carbonyl (C=O) groups is 2. The number of benzene rings is 3. The second kappa shape index (κ2) is 10.0. The van der Waals surface area contributed by atoms with Crippen molar-refractivity contribution in [1.82, 2.24) is 4.90 Å². The van der Waals surface area contributed by atoms with Gasteiger partial charge in [-0.15, -0.1) is 0 Å². The highest BCUT2D eigenvalue weighted by molar-refractivity contribution is 5.95. The summed E-state index contributed by atoms with van der Waals surface area (Å²) in [5, 5.41) is 2.95. The summed E-state index contributed by atoms with van der Waals surface area (Å²) in [6.45, 7) is 1.11. The number of rotatable bonds is 6. The zero-order valence-electron chi connectivity index (χ0n) is 18.0. The molecule has 3 aromatic carbocycles. The van der Waals surface area contributed by atoms with E-state index in [1.807, 2.05) is 53.4 Å². The molecule has 32 heavy (non-hydrogen) atoms. The van der Waals surface area contributed by atoms with E-state index in [0.717, 1.165) is 5.75 Å². The number of ether oxygens (including phenoxy) is 2. The van der Waals surface area contributed by atoms with Crippen molar-refractivity contribution in [2.75, 3.05) is 25.5 Å². The van der Waals surface area contributed by atoms with Gasteiger partial charge in [-0.3, -0.25) is 9.59 Å². The van der Waals surface area contributed by atoms with E-state index in [2.05, 4.69) is 5.32 Å². The average molecular weight is 431 g/mol. The Morgan fingerprint density at radius 2 is 1.50 bits per heavy atom. The summed E-state index contributed by atoms with van der Waals surface area (Å²) in [6, 6.07) is 24.0. The zero-order chi connectivity index (χ0) is 22.3. The number of methoxy groups -OCH3 is 1. The Morgan fingerprint density at radius 3 is 2.19 bits per heavy atom. The number of anilines is 1. The van der Waals surface area contributed by atoms with Crippen LogP contribution in [0, 0.1) is 5.92 Å². The quantitative estimate of drug-likeness (QED) is 0.599. The lowest BCUT2D eigenvalue weighted by atomic mass is 9.95. The fourth-order valence-electron chi connectivity index (χ4n) is 3.76. The number of amides is 2. The van der Waals surface area contributed by atoms with Crippen LogP contribution in [0.1, 0.15) is 23.2 Å². The molecule has 0 saturated carbocycles. The van der Waals surface area contributed by atoms with E-state index in [4.69, 9.17) is 9.47 Å². The molecule has 1 aliphatic rings. The fourth-order valence-corrected chi connectivity index (χ4v) is 3.76. The first-order valence-electron chi connectivity index (χ1n) is 10.7. The second-order valence-electron chi connectivity index (χ2n) is 7.73. The van der Waals surface area contributed by atoms with Crippen molar-refractivity contribution < 1.29 is 19.1 Å². The molecule has 0 bridgehead atoms. The van der Waals surface area contributed by atoms with Gasteiger partial charge in [0.25, 0.3) is 5.91 Å². The van der Waals surface area contributed by atoms with Crippen LogP contribution in [-0.4, -0.2) is 36.9 Å². The second-order valence-corrected chi connectivity index (χ2v) is 7.73. The fraction of sp³-hybridized carbons (Fsp3) is 0.231. The Bertz CT molecular complexity index is 1060. The van der Waals surface area contributed by atoms with Gasteiger partial charge in [0.05, 0.1) is 7.11 Å². The molecule has 1 heterocycles. The predicted molar refractivity (Wildman–Crippen MR) is 123 cm³/mol. The molecule has 1 aliphatic heterocycles. The lowest BCUT2D eigenvalue weighted by Crippen LogP contribution is -2.41. The third-order valence-electron chi connectivity index (χ3n) is 5.57. The highest BCUT2D eigenvalue weighted by Gasteiger charge is 2.28. The molecule has 1 N–H and O–H groups in total. The van der Waals surface area contributed by atoms with E-state index in [9.17, 15) is 9.59 Å². The maximum atomic E-state index is 12.9. The molecule has 0 unspecified atom stereocenters. The Kier molecular flexibility index (Phi) is 6.70. The van der Waals surface area contributed by atoms with Gasteiger partial charge in [0.1, 0.15) is 17.2 Å². The van der Waals surface area contributed by atoms with E-state index in [1.165, 1.54) is 0 Å². The molecule has 0 aromatic heterocycles. The van der Waals surface area contributed by atoms with Crippen molar-refractivity contribution in [1.29, 1.82) is 0 Å². The number of hydrogen-bond acceptors (Lipinski definition) is 4. The summed E-state index contributed by atoms with van der Waals surface area (Å²) in [7, 11) is 1.59. The van der Waals surface area contributed by atoms with Crippen LogP contribution in [0.2, 0.25) is 0 Å². The minimum Gasteiger partial charge on any atom is -0.497 e. The molecule has 2 amide bonds. The van der Waals surface area contributed by atoms with Crippen LogP contribution >= 0.6 is 0 Å². The normalized spacial score (nSPS) is 14.0. The molecule has 0 radical (unpaired) electrons. The number of hydrogen-bond donors (Lipinski definition) is 1. The SMILES string of the molecule is COc1cccc(NC(=O)C2CCN(C(=O)c3ccc(Oc4ccccc4)cc3)CC2)c1. The van der Waals surface area contributed by atoms with E-state index < -0.39 is 0 Å². The molecule has 1 saturated heterocycles. The molecule has 4 rings (SSSR count). The van der Waals surface area contributed by atoms with E-state index in [-0.39, 0.29) is 17.7 Å². The number of piperidine rings is 1. The number of carbonyl (C=O) groups excluding carboxylic acids is 2. The Morgan fingerprint density at radius 1 is 0.844 bits per heavy atom. The first-order chi connectivity index (χ1) is 15.6. The van der Waals surface area contributed by atoms with Gasteiger partial charge < -0.3 is 19.7 Å². The Labute approximate surface area is 187 Å². The summed E-state index contributed by atoms with van der Waals surface area (Å²) in [5.41, 5.74) is 1.33. The van der Waals surface area contributed by atoms with Crippen molar-refractivity contribution >= 4 is 17.5 Å². The lowest BCUT2D eigenvalue weighted by molar-refractivity contribution is -0.121.